The first kappa shape index (κ1) is 19.0. The predicted molar refractivity (Wildman–Crippen MR) is 101 cm³/mol. The molecule has 1 aliphatic heterocycles. The van der Waals surface area contributed by atoms with Crippen molar-refractivity contribution >= 4 is 11.8 Å². The molecule has 4 nitrogen and oxygen atoms in total. The number of nitrogens with zero attached hydrogens (tertiary/aromatic N) is 1. The maximum atomic E-state index is 12.9. The number of hydrogen-bond acceptors (Lipinski definition) is 2. The van der Waals surface area contributed by atoms with E-state index in [0.29, 0.717) is 13.1 Å². The molecule has 1 N–H and O–H groups in total. The second kappa shape index (κ2) is 9.82. The average Bonchev–Trinajstić information content (AvgIpc) is 2.64. The minimum absolute atomic E-state index is 0.0707. The summed E-state index contributed by atoms with van der Waals surface area (Å²) in [5.74, 6) is 0.0566. The lowest BCUT2D eigenvalue weighted by Gasteiger charge is -2.34. The smallest absolute Gasteiger partial charge is 0.244 e. The molecule has 1 atom stereocenters. The SMILES string of the molecule is C/C=C/C=C\C(=O)NC1CCN(C(=O)[C@H](CC)c2ccccc2)CC1. The van der Waals surface area contributed by atoms with Crippen LogP contribution in [0.15, 0.2) is 54.6 Å². The van der Waals surface area contributed by atoms with Crippen LogP contribution in [0.2, 0.25) is 0 Å². The Balaban J connectivity index is 1.86. The fraction of sp³-hybridized carbons (Fsp3) is 0.429. The summed E-state index contributed by atoms with van der Waals surface area (Å²) in [5.41, 5.74) is 1.08. The molecule has 134 valence electrons. The van der Waals surface area contributed by atoms with Crippen molar-refractivity contribution in [3.8, 4) is 0 Å². The Morgan fingerprint density at radius 2 is 1.88 bits per heavy atom. The number of allylic oxidation sites excluding steroid dienone is 3. The van der Waals surface area contributed by atoms with Gasteiger partial charge >= 0.3 is 0 Å². The first-order chi connectivity index (χ1) is 12.2. The molecular weight excluding hydrogens is 312 g/mol. The Kier molecular flexibility index (Phi) is 7.45. The topological polar surface area (TPSA) is 49.4 Å². The fourth-order valence-electron chi connectivity index (χ4n) is 3.21. The summed E-state index contributed by atoms with van der Waals surface area (Å²) in [6.07, 6.45) is 9.40. The molecule has 0 unspecified atom stereocenters. The molecule has 25 heavy (non-hydrogen) atoms. The molecule has 4 heteroatoms. The lowest BCUT2D eigenvalue weighted by Crippen LogP contribution is -2.47. The summed E-state index contributed by atoms with van der Waals surface area (Å²) >= 11 is 0. The normalized spacial score (nSPS) is 17.1. The molecule has 1 aromatic rings. The van der Waals surface area contributed by atoms with E-state index in [2.05, 4.69) is 12.2 Å². The molecule has 1 fully saturated rings. The van der Waals surface area contributed by atoms with E-state index < -0.39 is 0 Å². The summed E-state index contributed by atoms with van der Waals surface area (Å²) in [5, 5.41) is 3.01. The van der Waals surface area contributed by atoms with Crippen LogP contribution in [0.25, 0.3) is 0 Å². The van der Waals surface area contributed by atoms with Crippen LogP contribution in [0, 0.1) is 0 Å². The Bertz CT molecular complexity index is 614. The zero-order valence-corrected chi connectivity index (χ0v) is 15.2. The number of carbonyl (C=O) groups is 2. The number of carbonyl (C=O) groups excluding carboxylic acids is 2. The van der Waals surface area contributed by atoms with Gasteiger partial charge in [0.15, 0.2) is 0 Å². The van der Waals surface area contributed by atoms with Gasteiger partial charge in [-0.3, -0.25) is 9.59 Å². The maximum Gasteiger partial charge on any atom is 0.244 e. The van der Waals surface area contributed by atoms with E-state index in [9.17, 15) is 9.59 Å². The van der Waals surface area contributed by atoms with Gasteiger partial charge in [-0.1, -0.05) is 55.5 Å². The summed E-state index contributed by atoms with van der Waals surface area (Å²) in [7, 11) is 0. The molecule has 2 amide bonds. The molecule has 0 bridgehead atoms. The molecule has 2 rings (SSSR count). The van der Waals surface area contributed by atoms with Gasteiger partial charge < -0.3 is 10.2 Å². The van der Waals surface area contributed by atoms with Crippen LogP contribution in [0.3, 0.4) is 0 Å². The Morgan fingerprint density at radius 3 is 2.48 bits per heavy atom. The number of piperidine rings is 1. The minimum atomic E-state index is -0.0731. The van der Waals surface area contributed by atoms with Crippen LogP contribution in [0.5, 0.6) is 0 Å². The van der Waals surface area contributed by atoms with E-state index in [4.69, 9.17) is 0 Å². The highest BCUT2D eigenvalue weighted by molar-refractivity contribution is 5.88. The quantitative estimate of drug-likeness (QED) is 0.637. The van der Waals surface area contributed by atoms with Crippen molar-refractivity contribution in [3.05, 3.63) is 60.2 Å². The number of rotatable bonds is 6. The number of amides is 2. The van der Waals surface area contributed by atoms with Crippen molar-refractivity contribution in [2.45, 2.75) is 45.1 Å². The minimum Gasteiger partial charge on any atom is -0.350 e. The third-order valence-corrected chi connectivity index (χ3v) is 4.61. The summed E-state index contributed by atoms with van der Waals surface area (Å²) < 4.78 is 0. The van der Waals surface area contributed by atoms with E-state index in [0.717, 1.165) is 24.8 Å². The van der Waals surface area contributed by atoms with Crippen molar-refractivity contribution in [3.63, 3.8) is 0 Å². The highest BCUT2D eigenvalue weighted by atomic mass is 16.2. The van der Waals surface area contributed by atoms with Crippen LogP contribution >= 0.6 is 0 Å². The summed E-state index contributed by atoms with van der Waals surface area (Å²) in [6.45, 7) is 5.37. The second-order valence-electron chi connectivity index (χ2n) is 6.36. The van der Waals surface area contributed by atoms with Gasteiger partial charge in [-0.15, -0.1) is 0 Å². The van der Waals surface area contributed by atoms with Crippen LogP contribution in [-0.4, -0.2) is 35.8 Å². The van der Waals surface area contributed by atoms with Gasteiger partial charge in [0.05, 0.1) is 5.92 Å². The first-order valence-electron chi connectivity index (χ1n) is 9.09. The van der Waals surface area contributed by atoms with Gasteiger partial charge in [0, 0.05) is 25.2 Å². The van der Waals surface area contributed by atoms with Crippen molar-refractivity contribution < 1.29 is 9.59 Å². The molecule has 0 aliphatic carbocycles. The third kappa shape index (κ3) is 5.59. The van der Waals surface area contributed by atoms with E-state index in [-0.39, 0.29) is 23.8 Å². The van der Waals surface area contributed by atoms with Gasteiger partial charge in [-0.05, 0) is 31.7 Å². The van der Waals surface area contributed by atoms with Crippen molar-refractivity contribution in [1.29, 1.82) is 0 Å². The van der Waals surface area contributed by atoms with Crippen molar-refractivity contribution in [2.24, 2.45) is 0 Å². The Hall–Kier alpha value is -2.36. The Morgan fingerprint density at radius 1 is 1.20 bits per heavy atom. The van der Waals surface area contributed by atoms with Gasteiger partial charge in [0.2, 0.25) is 11.8 Å². The molecule has 1 heterocycles. The molecule has 1 aromatic carbocycles. The molecule has 0 radical (unpaired) electrons. The number of benzene rings is 1. The zero-order valence-electron chi connectivity index (χ0n) is 15.2. The van der Waals surface area contributed by atoms with Crippen LogP contribution in [0.1, 0.15) is 44.6 Å². The summed E-state index contributed by atoms with van der Waals surface area (Å²) in [4.78, 5) is 26.6. The van der Waals surface area contributed by atoms with Gasteiger partial charge in [0.25, 0.3) is 0 Å². The molecular formula is C21H28N2O2. The molecule has 0 aromatic heterocycles. The van der Waals surface area contributed by atoms with Gasteiger partial charge in [-0.25, -0.2) is 0 Å². The molecule has 0 saturated carbocycles. The van der Waals surface area contributed by atoms with E-state index in [1.807, 2.05) is 54.3 Å². The predicted octanol–water partition coefficient (Wildman–Crippen LogP) is 3.42. The number of hydrogen-bond donors (Lipinski definition) is 1. The lowest BCUT2D eigenvalue weighted by atomic mass is 9.93. The van der Waals surface area contributed by atoms with Crippen molar-refractivity contribution in [1.82, 2.24) is 10.2 Å². The van der Waals surface area contributed by atoms with E-state index >= 15 is 0 Å². The van der Waals surface area contributed by atoms with Crippen LogP contribution < -0.4 is 5.32 Å². The van der Waals surface area contributed by atoms with Gasteiger partial charge in [0.1, 0.15) is 0 Å². The largest absolute Gasteiger partial charge is 0.350 e. The summed E-state index contributed by atoms with van der Waals surface area (Å²) in [6, 6.07) is 10.1. The Labute approximate surface area is 150 Å². The van der Waals surface area contributed by atoms with Crippen LogP contribution in [0.4, 0.5) is 0 Å². The van der Waals surface area contributed by atoms with E-state index in [1.54, 1.807) is 12.2 Å². The number of likely N-dealkylation sites (tertiary alicyclic amines) is 1. The highest BCUT2D eigenvalue weighted by Gasteiger charge is 2.28. The number of nitrogens with one attached hydrogen (secondary N) is 1. The fourth-order valence-corrected chi connectivity index (χ4v) is 3.21. The lowest BCUT2D eigenvalue weighted by molar-refractivity contribution is -0.134. The molecule has 1 saturated heterocycles. The monoisotopic (exact) mass is 340 g/mol. The maximum absolute atomic E-state index is 12.9. The third-order valence-electron chi connectivity index (χ3n) is 4.61. The molecule has 1 aliphatic rings. The van der Waals surface area contributed by atoms with Gasteiger partial charge in [-0.2, -0.15) is 0 Å². The zero-order chi connectivity index (χ0) is 18.1. The van der Waals surface area contributed by atoms with Crippen molar-refractivity contribution in [2.75, 3.05) is 13.1 Å². The average molecular weight is 340 g/mol. The standard InChI is InChI=1S/C21H28N2O2/c1-3-5-7-12-20(24)22-18-13-15-23(16-14-18)21(25)19(4-2)17-10-8-6-9-11-17/h3,5-12,18-19H,4,13-16H2,1-2H3,(H,22,24)/b5-3+,12-7-/t19-/m1/s1. The molecule has 0 spiro atoms. The van der Waals surface area contributed by atoms with E-state index in [1.165, 1.54) is 0 Å². The first-order valence-corrected chi connectivity index (χ1v) is 9.09. The van der Waals surface area contributed by atoms with Crippen LogP contribution in [-0.2, 0) is 9.59 Å². The highest BCUT2D eigenvalue weighted by Crippen LogP contribution is 2.24. The second-order valence-corrected chi connectivity index (χ2v) is 6.36.